The van der Waals surface area contributed by atoms with Crippen LogP contribution in [-0.4, -0.2) is 6.54 Å². The Balaban J connectivity index is 3.09. The van der Waals surface area contributed by atoms with Crippen molar-refractivity contribution in [2.75, 3.05) is 12.3 Å². The maximum absolute atomic E-state index is 5.81. The molecule has 4 heteroatoms. The third-order valence-electron chi connectivity index (χ3n) is 1.59. The summed E-state index contributed by atoms with van der Waals surface area (Å²) in [5.41, 5.74) is 13.1. The van der Waals surface area contributed by atoms with E-state index in [0.717, 1.165) is 26.6 Å². The van der Waals surface area contributed by atoms with Gasteiger partial charge in [-0.1, -0.05) is 15.9 Å². The molecule has 0 spiro atoms. The van der Waals surface area contributed by atoms with Crippen molar-refractivity contribution in [2.45, 2.75) is 6.42 Å². The molecule has 1 aromatic carbocycles. The predicted octanol–water partition coefficient (Wildman–Crippen LogP) is 2.29. The molecule has 0 aliphatic carbocycles. The molecule has 1 rings (SSSR count). The maximum atomic E-state index is 5.81. The molecule has 0 unspecified atom stereocenters. The topological polar surface area (TPSA) is 52.0 Å². The lowest BCUT2D eigenvalue weighted by molar-refractivity contribution is 0.969. The maximum Gasteiger partial charge on any atom is 0.0492 e. The Bertz CT molecular complexity index is 287. The number of hydrogen-bond acceptors (Lipinski definition) is 2. The van der Waals surface area contributed by atoms with Crippen molar-refractivity contribution in [3.05, 3.63) is 26.6 Å². The fraction of sp³-hybridized carbons (Fsp3) is 0.250. The van der Waals surface area contributed by atoms with Gasteiger partial charge < -0.3 is 11.5 Å². The van der Waals surface area contributed by atoms with E-state index in [1.54, 1.807) is 0 Å². The summed E-state index contributed by atoms with van der Waals surface area (Å²) in [6.45, 7) is 0.618. The van der Waals surface area contributed by atoms with Crippen LogP contribution in [0.2, 0.25) is 0 Å². The summed E-state index contributed by atoms with van der Waals surface area (Å²) in [6, 6.07) is 3.92. The van der Waals surface area contributed by atoms with Crippen molar-refractivity contribution < 1.29 is 0 Å². The predicted molar refractivity (Wildman–Crippen MR) is 59.0 cm³/mol. The number of halogens is 2. The monoisotopic (exact) mass is 292 g/mol. The second-order valence-electron chi connectivity index (χ2n) is 2.50. The van der Waals surface area contributed by atoms with E-state index >= 15 is 0 Å². The van der Waals surface area contributed by atoms with E-state index < -0.39 is 0 Å². The zero-order chi connectivity index (χ0) is 9.14. The summed E-state index contributed by atoms with van der Waals surface area (Å²) in [6.07, 6.45) is 0.809. The largest absolute Gasteiger partial charge is 0.398 e. The summed E-state index contributed by atoms with van der Waals surface area (Å²) in [5, 5.41) is 0. The zero-order valence-corrected chi connectivity index (χ0v) is 9.65. The molecule has 4 N–H and O–H groups in total. The van der Waals surface area contributed by atoms with Crippen molar-refractivity contribution in [1.29, 1.82) is 0 Å². The molecular formula is C8H10Br2N2. The second-order valence-corrected chi connectivity index (χ2v) is 4.27. The lowest BCUT2D eigenvalue weighted by Crippen LogP contribution is -2.05. The van der Waals surface area contributed by atoms with E-state index in [4.69, 9.17) is 11.5 Å². The van der Waals surface area contributed by atoms with Crippen LogP contribution in [0.1, 0.15) is 5.56 Å². The molecule has 12 heavy (non-hydrogen) atoms. The molecule has 0 radical (unpaired) electrons. The first-order chi connectivity index (χ1) is 5.65. The lowest BCUT2D eigenvalue weighted by atomic mass is 10.1. The highest BCUT2D eigenvalue weighted by Gasteiger charge is 2.03. The summed E-state index contributed by atoms with van der Waals surface area (Å²) in [4.78, 5) is 0. The van der Waals surface area contributed by atoms with Gasteiger partial charge in [0.05, 0.1) is 0 Å². The SMILES string of the molecule is NCCc1cc(Br)cc(Br)c1N. The summed E-state index contributed by atoms with van der Waals surface area (Å²) in [5.74, 6) is 0. The quantitative estimate of drug-likeness (QED) is 0.822. The first kappa shape index (κ1) is 10.0. The fourth-order valence-corrected chi connectivity index (χ4v) is 2.31. The first-order valence-electron chi connectivity index (χ1n) is 3.58. The Kier molecular flexibility index (Phi) is 3.55. The number of nitrogens with two attached hydrogens (primary N) is 2. The van der Waals surface area contributed by atoms with E-state index in [1.807, 2.05) is 12.1 Å². The fourth-order valence-electron chi connectivity index (χ4n) is 1.00. The minimum Gasteiger partial charge on any atom is -0.398 e. The smallest absolute Gasteiger partial charge is 0.0492 e. The standard InChI is InChI=1S/C8H10Br2N2/c9-6-3-5(1-2-11)8(12)7(10)4-6/h3-4H,1-2,11-12H2. The number of rotatable bonds is 2. The van der Waals surface area contributed by atoms with Crippen molar-refractivity contribution >= 4 is 37.5 Å². The Morgan fingerprint density at radius 3 is 2.50 bits per heavy atom. The van der Waals surface area contributed by atoms with Crippen molar-refractivity contribution in [3.63, 3.8) is 0 Å². The normalized spacial score (nSPS) is 10.2. The Morgan fingerprint density at radius 1 is 1.25 bits per heavy atom. The van der Waals surface area contributed by atoms with Crippen molar-refractivity contribution in [1.82, 2.24) is 0 Å². The molecule has 1 aromatic rings. The summed E-state index contributed by atoms with van der Waals surface area (Å²) >= 11 is 6.76. The van der Waals surface area contributed by atoms with Crippen LogP contribution in [0.4, 0.5) is 5.69 Å². The third-order valence-corrected chi connectivity index (χ3v) is 2.71. The van der Waals surface area contributed by atoms with E-state index in [2.05, 4.69) is 31.9 Å². The highest BCUT2D eigenvalue weighted by Crippen LogP contribution is 2.28. The number of nitrogen functional groups attached to an aromatic ring is 1. The molecular weight excluding hydrogens is 284 g/mol. The average molecular weight is 294 g/mol. The van der Waals surface area contributed by atoms with Gasteiger partial charge in [-0.2, -0.15) is 0 Å². The Hall–Kier alpha value is -0.0600. The van der Waals surface area contributed by atoms with Gasteiger partial charge in [-0.05, 0) is 46.6 Å². The van der Waals surface area contributed by atoms with Crippen LogP contribution in [0.3, 0.4) is 0 Å². The second kappa shape index (κ2) is 4.25. The van der Waals surface area contributed by atoms with Crippen LogP contribution in [0.15, 0.2) is 21.1 Å². The molecule has 0 aliphatic heterocycles. The highest BCUT2D eigenvalue weighted by atomic mass is 79.9. The van der Waals surface area contributed by atoms with Crippen LogP contribution in [0.5, 0.6) is 0 Å². The van der Waals surface area contributed by atoms with Gasteiger partial charge in [0.2, 0.25) is 0 Å². The minimum atomic E-state index is 0.618. The minimum absolute atomic E-state index is 0.618. The molecule has 0 atom stereocenters. The van der Waals surface area contributed by atoms with Crippen LogP contribution in [0, 0.1) is 0 Å². The molecule has 2 nitrogen and oxygen atoms in total. The van der Waals surface area contributed by atoms with Crippen LogP contribution in [0.25, 0.3) is 0 Å². The van der Waals surface area contributed by atoms with Crippen LogP contribution >= 0.6 is 31.9 Å². The van der Waals surface area contributed by atoms with E-state index in [1.165, 1.54) is 0 Å². The van der Waals surface area contributed by atoms with Gasteiger partial charge in [0.25, 0.3) is 0 Å². The number of hydrogen-bond donors (Lipinski definition) is 2. The number of benzene rings is 1. The van der Waals surface area contributed by atoms with Gasteiger partial charge in [0.1, 0.15) is 0 Å². The molecule has 0 amide bonds. The molecule has 0 fully saturated rings. The van der Waals surface area contributed by atoms with Gasteiger partial charge in [0.15, 0.2) is 0 Å². The van der Waals surface area contributed by atoms with Gasteiger partial charge >= 0.3 is 0 Å². The Morgan fingerprint density at radius 2 is 1.92 bits per heavy atom. The molecule has 0 saturated heterocycles. The van der Waals surface area contributed by atoms with Crippen molar-refractivity contribution in [3.8, 4) is 0 Å². The molecule has 0 aromatic heterocycles. The third kappa shape index (κ3) is 2.21. The van der Waals surface area contributed by atoms with E-state index in [-0.39, 0.29) is 0 Å². The summed E-state index contributed by atoms with van der Waals surface area (Å²) in [7, 11) is 0. The van der Waals surface area contributed by atoms with Gasteiger partial charge in [0, 0.05) is 14.6 Å². The molecule has 0 heterocycles. The van der Waals surface area contributed by atoms with Gasteiger partial charge in [-0.25, -0.2) is 0 Å². The van der Waals surface area contributed by atoms with E-state index in [0.29, 0.717) is 6.54 Å². The first-order valence-corrected chi connectivity index (χ1v) is 5.17. The summed E-state index contributed by atoms with van der Waals surface area (Å²) < 4.78 is 1.94. The molecule has 0 bridgehead atoms. The zero-order valence-electron chi connectivity index (χ0n) is 6.48. The molecule has 66 valence electrons. The van der Waals surface area contributed by atoms with Crippen LogP contribution < -0.4 is 11.5 Å². The highest BCUT2D eigenvalue weighted by molar-refractivity contribution is 9.11. The Labute approximate surface area is 88.6 Å². The van der Waals surface area contributed by atoms with Crippen LogP contribution in [-0.2, 0) is 6.42 Å². The van der Waals surface area contributed by atoms with Gasteiger partial charge in [-0.15, -0.1) is 0 Å². The molecule has 0 saturated carbocycles. The molecule has 0 aliphatic rings. The van der Waals surface area contributed by atoms with Gasteiger partial charge in [-0.3, -0.25) is 0 Å². The number of anilines is 1. The van der Waals surface area contributed by atoms with Crippen molar-refractivity contribution in [2.24, 2.45) is 5.73 Å². The van der Waals surface area contributed by atoms with E-state index in [9.17, 15) is 0 Å². The lowest BCUT2D eigenvalue weighted by Gasteiger charge is -2.06. The average Bonchev–Trinajstić information content (AvgIpc) is 2.00.